The molecule has 1 unspecified atom stereocenters. The van der Waals surface area contributed by atoms with Crippen LogP contribution in [0.2, 0.25) is 0 Å². The number of anilines is 1. The number of nitrogens with zero attached hydrogens (tertiary/aromatic N) is 2. The normalized spacial score (nSPS) is 24.6. The second kappa shape index (κ2) is 6.38. The van der Waals surface area contributed by atoms with E-state index in [0.717, 1.165) is 0 Å². The Bertz CT molecular complexity index is 742. The van der Waals surface area contributed by atoms with Crippen LogP contribution >= 0.6 is 0 Å². The average Bonchev–Trinajstić information content (AvgIpc) is 3.30. The molecule has 4 heterocycles. The van der Waals surface area contributed by atoms with E-state index in [9.17, 15) is 9.59 Å². The molecule has 25 heavy (non-hydrogen) atoms. The van der Waals surface area contributed by atoms with E-state index < -0.39 is 5.60 Å². The lowest BCUT2D eigenvalue weighted by Crippen LogP contribution is -2.61. The molecule has 1 N–H and O–H groups in total. The zero-order chi connectivity index (χ0) is 17.3. The summed E-state index contributed by atoms with van der Waals surface area (Å²) in [6, 6.07) is 5.26. The summed E-state index contributed by atoms with van der Waals surface area (Å²) in [5, 5.41) is 0. The number of hydrogen-bond donors (Lipinski definition) is 1. The summed E-state index contributed by atoms with van der Waals surface area (Å²) in [6.07, 6.45) is 4.76. The Hall–Kier alpha value is -2.58. The molecule has 0 radical (unpaired) electrons. The van der Waals surface area contributed by atoms with Crippen molar-refractivity contribution in [3.63, 3.8) is 0 Å². The summed E-state index contributed by atoms with van der Waals surface area (Å²) in [5.74, 6) is -0.247. The van der Waals surface area contributed by atoms with Gasteiger partial charge in [0.1, 0.15) is 24.2 Å². The average molecular weight is 345 g/mol. The van der Waals surface area contributed by atoms with Crippen LogP contribution in [0.3, 0.4) is 0 Å². The van der Waals surface area contributed by atoms with E-state index in [4.69, 9.17) is 13.9 Å². The summed E-state index contributed by atoms with van der Waals surface area (Å²) in [7, 11) is 0. The lowest BCUT2D eigenvalue weighted by atomic mass is 10.0. The topological polar surface area (TPSA) is 88.0 Å². The molecular formula is C17H19N3O5. The molecule has 2 aliphatic heterocycles. The quantitative estimate of drug-likeness (QED) is 0.873. The van der Waals surface area contributed by atoms with Gasteiger partial charge < -0.3 is 28.7 Å². The van der Waals surface area contributed by atoms with Gasteiger partial charge in [0.05, 0.1) is 38.3 Å². The van der Waals surface area contributed by atoms with Crippen LogP contribution in [0, 0.1) is 0 Å². The lowest BCUT2D eigenvalue weighted by molar-refractivity contribution is -0.145. The SMILES string of the molecule is O=C(c1ccc[nH]1)N1CCOCC2(C1)CN(c1ccoc1)C(=O)CO2. The molecule has 1 atom stereocenters. The molecule has 4 rings (SSSR count). The van der Waals surface area contributed by atoms with Crippen LogP contribution in [-0.2, 0) is 14.3 Å². The van der Waals surface area contributed by atoms with Crippen molar-refractivity contribution in [1.29, 1.82) is 0 Å². The second-order valence-electron chi connectivity index (χ2n) is 6.30. The van der Waals surface area contributed by atoms with Gasteiger partial charge >= 0.3 is 0 Å². The Morgan fingerprint density at radius 3 is 2.96 bits per heavy atom. The van der Waals surface area contributed by atoms with E-state index in [2.05, 4.69) is 4.98 Å². The van der Waals surface area contributed by atoms with Crippen LogP contribution in [-0.4, -0.2) is 66.8 Å². The van der Waals surface area contributed by atoms with Crippen LogP contribution in [0.4, 0.5) is 5.69 Å². The Labute approximate surface area is 144 Å². The second-order valence-corrected chi connectivity index (χ2v) is 6.30. The van der Waals surface area contributed by atoms with Crippen molar-refractivity contribution in [3.05, 3.63) is 42.6 Å². The number of rotatable bonds is 2. The summed E-state index contributed by atoms with van der Waals surface area (Å²) >= 11 is 0. The minimum Gasteiger partial charge on any atom is -0.470 e. The van der Waals surface area contributed by atoms with Gasteiger partial charge in [-0.15, -0.1) is 0 Å². The monoisotopic (exact) mass is 345 g/mol. The van der Waals surface area contributed by atoms with E-state index in [1.54, 1.807) is 34.2 Å². The Morgan fingerprint density at radius 1 is 1.28 bits per heavy atom. The fourth-order valence-corrected chi connectivity index (χ4v) is 3.26. The fraction of sp³-hybridized carbons (Fsp3) is 0.412. The highest BCUT2D eigenvalue weighted by Crippen LogP contribution is 2.27. The molecule has 2 aromatic heterocycles. The summed E-state index contributed by atoms with van der Waals surface area (Å²) < 4.78 is 16.7. The predicted molar refractivity (Wildman–Crippen MR) is 87.3 cm³/mol. The van der Waals surface area contributed by atoms with Gasteiger partial charge in [0.15, 0.2) is 0 Å². The molecule has 2 aliphatic rings. The van der Waals surface area contributed by atoms with Crippen molar-refractivity contribution in [2.75, 3.05) is 44.4 Å². The third kappa shape index (κ3) is 3.06. The van der Waals surface area contributed by atoms with Crippen molar-refractivity contribution in [2.24, 2.45) is 0 Å². The van der Waals surface area contributed by atoms with Gasteiger partial charge in [0.2, 0.25) is 0 Å². The van der Waals surface area contributed by atoms with Gasteiger partial charge in [-0.25, -0.2) is 0 Å². The number of hydrogen-bond acceptors (Lipinski definition) is 5. The Morgan fingerprint density at radius 2 is 2.20 bits per heavy atom. The standard InChI is InChI=1S/C17H19N3O5/c21-15-9-25-17(11-20(15)13-3-6-23-8-13)10-19(5-7-24-12-17)16(22)14-2-1-4-18-14/h1-4,6,8,18H,5,7,9-12H2. The third-order valence-corrected chi connectivity index (χ3v) is 4.53. The Balaban J connectivity index is 1.57. The van der Waals surface area contributed by atoms with Crippen LogP contribution in [0.5, 0.6) is 0 Å². The van der Waals surface area contributed by atoms with E-state index in [1.165, 1.54) is 12.5 Å². The van der Waals surface area contributed by atoms with Gasteiger partial charge in [-0.1, -0.05) is 0 Å². The fourth-order valence-electron chi connectivity index (χ4n) is 3.26. The molecule has 1 spiro atoms. The molecule has 2 amide bonds. The predicted octanol–water partition coefficient (Wildman–Crippen LogP) is 0.882. The van der Waals surface area contributed by atoms with E-state index in [0.29, 0.717) is 44.2 Å². The highest BCUT2D eigenvalue weighted by molar-refractivity contribution is 5.95. The Kier molecular flexibility index (Phi) is 4.06. The van der Waals surface area contributed by atoms with Crippen molar-refractivity contribution >= 4 is 17.5 Å². The number of carbonyl (C=O) groups is 2. The molecule has 132 valence electrons. The molecule has 2 saturated heterocycles. The van der Waals surface area contributed by atoms with Gasteiger partial charge in [-0.3, -0.25) is 9.59 Å². The van der Waals surface area contributed by atoms with Gasteiger partial charge in [-0.05, 0) is 12.1 Å². The number of aromatic nitrogens is 1. The summed E-state index contributed by atoms with van der Waals surface area (Å²) in [4.78, 5) is 31.2. The number of carbonyl (C=O) groups excluding carboxylic acids is 2. The first-order chi connectivity index (χ1) is 12.2. The number of morpholine rings is 1. The molecular weight excluding hydrogens is 326 g/mol. The maximum absolute atomic E-state index is 12.7. The van der Waals surface area contributed by atoms with Gasteiger partial charge in [0, 0.05) is 18.8 Å². The van der Waals surface area contributed by atoms with E-state index >= 15 is 0 Å². The number of ether oxygens (including phenoxy) is 2. The number of aromatic amines is 1. The summed E-state index contributed by atoms with van der Waals surface area (Å²) in [5.41, 5.74) is 0.444. The van der Waals surface area contributed by atoms with Crippen LogP contribution in [0.15, 0.2) is 41.3 Å². The highest BCUT2D eigenvalue weighted by atomic mass is 16.6. The minimum absolute atomic E-state index is 0.0565. The first-order valence-electron chi connectivity index (χ1n) is 8.14. The smallest absolute Gasteiger partial charge is 0.270 e. The highest BCUT2D eigenvalue weighted by Gasteiger charge is 2.44. The largest absolute Gasteiger partial charge is 0.470 e. The minimum atomic E-state index is -0.760. The van der Waals surface area contributed by atoms with Crippen molar-refractivity contribution in [3.8, 4) is 0 Å². The van der Waals surface area contributed by atoms with Crippen LogP contribution < -0.4 is 4.90 Å². The first-order valence-corrected chi connectivity index (χ1v) is 8.14. The molecule has 8 heteroatoms. The van der Waals surface area contributed by atoms with Crippen molar-refractivity contribution in [1.82, 2.24) is 9.88 Å². The maximum Gasteiger partial charge on any atom is 0.270 e. The van der Waals surface area contributed by atoms with Crippen molar-refractivity contribution in [2.45, 2.75) is 5.60 Å². The number of nitrogens with one attached hydrogen (secondary N) is 1. The first kappa shape index (κ1) is 15.9. The zero-order valence-electron chi connectivity index (χ0n) is 13.6. The third-order valence-electron chi connectivity index (χ3n) is 4.53. The molecule has 0 aliphatic carbocycles. The van der Waals surface area contributed by atoms with E-state index in [-0.39, 0.29) is 18.4 Å². The maximum atomic E-state index is 12.7. The van der Waals surface area contributed by atoms with Gasteiger partial charge in [-0.2, -0.15) is 0 Å². The number of H-pyrrole nitrogens is 1. The molecule has 0 bridgehead atoms. The number of furan rings is 1. The lowest BCUT2D eigenvalue weighted by Gasteiger charge is -2.42. The molecule has 8 nitrogen and oxygen atoms in total. The number of amides is 2. The molecule has 0 saturated carbocycles. The van der Waals surface area contributed by atoms with Crippen molar-refractivity contribution < 1.29 is 23.5 Å². The molecule has 0 aromatic carbocycles. The summed E-state index contributed by atoms with van der Waals surface area (Å²) in [6.45, 7) is 1.83. The van der Waals surface area contributed by atoms with Crippen LogP contribution in [0.25, 0.3) is 0 Å². The molecule has 2 fully saturated rings. The molecule has 2 aromatic rings. The van der Waals surface area contributed by atoms with Gasteiger partial charge in [0.25, 0.3) is 11.8 Å². The van der Waals surface area contributed by atoms with E-state index in [1.807, 2.05) is 0 Å². The zero-order valence-corrected chi connectivity index (χ0v) is 13.6. The van der Waals surface area contributed by atoms with Crippen LogP contribution in [0.1, 0.15) is 10.5 Å².